The summed E-state index contributed by atoms with van der Waals surface area (Å²) in [6, 6.07) is 18.3. The molecule has 0 saturated heterocycles. The maximum absolute atomic E-state index is 13.4. The summed E-state index contributed by atoms with van der Waals surface area (Å²) >= 11 is 0. The predicted octanol–water partition coefficient (Wildman–Crippen LogP) is 7.03. The minimum Gasteiger partial charge on any atom is -0.464 e. The van der Waals surface area contributed by atoms with Gasteiger partial charge in [0.05, 0.1) is 18.4 Å². The van der Waals surface area contributed by atoms with Crippen LogP contribution in [0.1, 0.15) is 48.0 Å². The summed E-state index contributed by atoms with van der Waals surface area (Å²) in [5.74, 6) is -1.20. The number of hydrogen-bond donors (Lipinski definition) is 1. The highest BCUT2D eigenvalue weighted by Crippen LogP contribution is 2.33. The normalized spacial score (nSPS) is 11.8. The van der Waals surface area contributed by atoms with Crippen LogP contribution in [0.3, 0.4) is 0 Å². The fourth-order valence-electron chi connectivity index (χ4n) is 4.10. The monoisotopic (exact) mass is 469 g/mol. The Bertz CT molecular complexity index is 1570. The topological polar surface area (TPSA) is 72.5 Å². The number of benzene rings is 3. The average molecular weight is 470 g/mol. The van der Waals surface area contributed by atoms with Gasteiger partial charge in [-0.25, -0.2) is 4.39 Å². The van der Waals surface area contributed by atoms with Gasteiger partial charge in [0, 0.05) is 21.9 Å². The van der Waals surface area contributed by atoms with Crippen molar-refractivity contribution in [3.63, 3.8) is 0 Å². The van der Waals surface area contributed by atoms with Crippen LogP contribution in [0.2, 0.25) is 0 Å². The average Bonchev–Trinajstić information content (AvgIpc) is 3.40. The van der Waals surface area contributed by atoms with Gasteiger partial charge in [0.15, 0.2) is 5.76 Å². The SMILES string of the molecule is CC(C)(C)c1ccc2occ(CC(=O)Nc3c(C(=O)c4ccc(F)cc4)oc4ccccc34)c2c1. The number of fused-ring (bicyclic) bond motifs is 2. The van der Waals surface area contributed by atoms with Crippen molar-refractivity contribution in [1.29, 1.82) is 0 Å². The van der Waals surface area contributed by atoms with Crippen LogP contribution in [0.25, 0.3) is 21.9 Å². The van der Waals surface area contributed by atoms with Crippen LogP contribution >= 0.6 is 0 Å². The first kappa shape index (κ1) is 22.6. The van der Waals surface area contributed by atoms with E-state index >= 15 is 0 Å². The second-order valence-electron chi connectivity index (χ2n) is 9.59. The summed E-state index contributed by atoms with van der Waals surface area (Å²) < 4.78 is 24.9. The molecule has 3 aromatic carbocycles. The van der Waals surface area contributed by atoms with Crippen molar-refractivity contribution in [2.75, 3.05) is 5.32 Å². The molecule has 0 bridgehead atoms. The van der Waals surface area contributed by atoms with Crippen LogP contribution in [-0.2, 0) is 16.6 Å². The molecule has 0 saturated carbocycles. The molecule has 2 heterocycles. The highest BCUT2D eigenvalue weighted by molar-refractivity contribution is 6.17. The maximum Gasteiger partial charge on any atom is 0.230 e. The molecule has 6 heteroatoms. The lowest BCUT2D eigenvalue weighted by molar-refractivity contribution is -0.115. The van der Waals surface area contributed by atoms with Crippen LogP contribution in [0.4, 0.5) is 10.1 Å². The second kappa shape index (κ2) is 8.55. The molecule has 0 atom stereocenters. The Labute approximate surface area is 201 Å². The predicted molar refractivity (Wildman–Crippen MR) is 133 cm³/mol. The molecular formula is C29H24FNO4. The third-order valence-corrected chi connectivity index (χ3v) is 6.04. The Morgan fingerprint density at radius 2 is 1.66 bits per heavy atom. The van der Waals surface area contributed by atoms with Gasteiger partial charge < -0.3 is 14.2 Å². The lowest BCUT2D eigenvalue weighted by Gasteiger charge is -2.18. The number of para-hydroxylation sites is 1. The minimum absolute atomic E-state index is 0.00164. The third kappa shape index (κ3) is 4.35. The molecule has 2 aromatic heterocycles. The van der Waals surface area contributed by atoms with E-state index in [0.29, 0.717) is 22.2 Å². The number of amides is 1. The zero-order valence-corrected chi connectivity index (χ0v) is 19.6. The van der Waals surface area contributed by atoms with Crippen molar-refractivity contribution in [1.82, 2.24) is 0 Å². The Hall–Kier alpha value is -4.19. The molecule has 0 radical (unpaired) electrons. The molecule has 0 aliphatic heterocycles. The zero-order valence-electron chi connectivity index (χ0n) is 19.6. The molecule has 5 aromatic rings. The molecule has 0 fully saturated rings. The molecule has 0 aliphatic carbocycles. The number of ketones is 1. The quantitative estimate of drug-likeness (QED) is 0.281. The largest absolute Gasteiger partial charge is 0.464 e. The van der Waals surface area contributed by atoms with Crippen molar-refractivity contribution >= 4 is 39.3 Å². The van der Waals surface area contributed by atoms with Crippen LogP contribution in [-0.4, -0.2) is 11.7 Å². The summed E-state index contributed by atoms with van der Waals surface area (Å²) in [6.45, 7) is 6.39. The standard InChI is InChI=1S/C29H24FNO4/c1-29(2,3)19-10-13-23-22(15-19)18(16-34-23)14-25(32)31-26-21-6-4-5-7-24(21)35-28(26)27(33)17-8-11-20(30)12-9-17/h4-13,15-16H,14H2,1-3H3,(H,31,32). The number of rotatable bonds is 5. The Kier molecular flexibility index (Phi) is 5.52. The molecular weight excluding hydrogens is 445 g/mol. The molecule has 5 rings (SSSR count). The first-order valence-corrected chi connectivity index (χ1v) is 11.3. The Balaban J connectivity index is 1.48. The van der Waals surface area contributed by atoms with E-state index in [1.807, 2.05) is 12.1 Å². The lowest BCUT2D eigenvalue weighted by Crippen LogP contribution is -2.16. The highest BCUT2D eigenvalue weighted by atomic mass is 19.1. The number of halogens is 1. The van der Waals surface area contributed by atoms with Crippen LogP contribution < -0.4 is 5.32 Å². The molecule has 0 aliphatic rings. The van der Waals surface area contributed by atoms with E-state index in [1.165, 1.54) is 24.3 Å². The van der Waals surface area contributed by atoms with Crippen molar-refractivity contribution in [3.05, 3.63) is 101 Å². The van der Waals surface area contributed by atoms with Crippen molar-refractivity contribution in [2.24, 2.45) is 0 Å². The summed E-state index contributed by atoms with van der Waals surface area (Å²) in [4.78, 5) is 26.3. The van der Waals surface area contributed by atoms with E-state index in [2.05, 4.69) is 32.2 Å². The third-order valence-electron chi connectivity index (χ3n) is 6.04. The van der Waals surface area contributed by atoms with E-state index < -0.39 is 11.6 Å². The molecule has 1 amide bonds. The van der Waals surface area contributed by atoms with E-state index in [-0.39, 0.29) is 29.1 Å². The van der Waals surface area contributed by atoms with E-state index in [9.17, 15) is 14.0 Å². The number of anilines is 1. The Morgan fingerprint density at radius 3 is 2.40 bits per heavy atom. The van der Waals surface area contributed by atoms with Gasteiger partial charge in [0.25, 0.3) is 0 Å². The fraction of sp³-hybridized carbons (Fsp3) is 0.172. The smallest absolute Gasteiger partial charge is 0.230 e. The molecule has 176 valence electrons. The van der Waals surface area contributed by atoms with Crippen molar-refractivity contribution in [3.8, 4) is 0 Å². The van der Waals surface area contributed by atoms with E-state index in [4.69, 9.17) is 8.83 Å². The van der Waals surface area contributed by atoms with E-state index in [1.54, 1.807) is 30.5 Å². The molecule has 1 N–H and O–H groups in total. The zero-order chi connectivity index (χ0) is 24.7. The first-order chi connectivity index (χ1) is 16.7. The van der Waals surface area contributed by atoms with E-state index in [0.717, 1.165) is 16.5 Å². The highest BCUT2D eigenvalue weighted by Gasteiger charge is 2.24. The van der Waals surface area contributed by atoms with Gasteiger partial charge in [-0.1, -0.05) is 39.0 Å². The van der Waals surface area contributed by atoms with Gasteiger partial charge in [-0.2, -0.15) is 0 Å². The number of carbonyl (C=O) groups excluding carboxylic acids is 2. The van der Waals surface area contributed by atoms with Gasteiger partial charge in [0.1, 0.15) is 17.0 Å². The maximum atomic E-state index is 13.4. The summed E-state index contributed by atoms with van der Waals surface area (Å²) in [6.07, 6.45) is 1.65. The summed E-state index contributed by atoms with van der Waals surface area (Å²) in [5, 5.41) is 4.37. The molecule has 35 heavy (non-hydrogen) atoms. The molecule has 0 unspecified atom stereocenters. The van der Waals surface area contributed by atoms with Crippen molar-refractivity contribution < 1.29 is 22.8 Å². The second-order valence-corrected chi connectivity index (χ2v) is 9.59. The van der Waals surface area contributed by atoms with Crippen molar-refractivity contribution in [2.45, 2.75) is 32.6 Å². The number of furan rings is 2. The summed E-state index contributed by atoms with van der Waals surface area (Å²) in [5.41, 5.74) is 3.58. The molecule has 0 spiro atoms. The number of carbonyl (C=O) groups is 2. The van der Waals surface area contributed by atoms with Gasteiger partial charge >= 0.3 is 0 Å². The van der Waals surface area contributed by atoms with Crippen LogP contribution in [0.5, 0.6) is 0 Å². The fourth-order valence-corrected chi connectivity index (χ4v) is 4.10. The summed E-state index contributed by atoms with van der Waals surface area (Å²) in [7, 11) is 0. The number of nitrogens with one attached hydrogen (secondary N) is 1. The van der Waals surface area contributed by atoms with Gasteiger partial charge in [0.2, 0.25) is 11.7 Å². The van der Waals surface area contributed by atoms with Gasteiger partial charge in [-0.15, -0.1) is 0 Å². The van der Waals surface area contributed by atoms with Gasteiger partial charge in [-0.3, -0.25) is 9.59 Å². The molecule has 5 nitrogen and oxygen atoms in total. The minimum atomic E-state index is -0.444. The number of hydrogen-bond acceptors (Lipinski definition) is 4. The lowest BCUT2D eigenvalue weighted by atomic mass is 9.86. The van der Waals surface area contributed by atoms with Crippen LogP contribution in [0, 0.1) is 5.82 Å². The Morgan fingerprint density at radius 1 is 0.914 bits per heavy atom. The first-order valence-electron chi connectivity index (χ1n) is 11.3. The van der Waals surface area contributed by atoms with Gasteiger partial charge in [-0.05, 0) is 59.5 Å². The van der Waals surface area contributed by atoms with Crippen LogP contribution in [0.15, 0.2) is 81.8 Å².